The van der Waals surface area contributed by atoms with Gasteiger partial charge in [-0.3, -0.25) is 0 Å². The Balaban J connectivity index is 2.75. The third-order valence-corrected chi connectivity index (χ3v) is 5.24. The average molecular weight is 298 g/mol. The molecule has 114 valence electrons. The molecule has 0 heterocycles. The molecule has 0 radical (unpaired) electrons. The maximum Gasteiger partial charge on any atom is 0.216 e. The molecule has 1 aromatic rings. The van der Waals surface area contributed by atoms with Crippen molar-refractivity contribution in [3.63, 3.8) is 0 Å². The van der Waals surface area contributed by atoms with Gasteiger partial charge in [0.1, 0.15) is 0 Å². The lowest BCUT2D eigenvalue weighted by Crippen LogP contribution is -2.45. The Morgan fingerprint density at radius 3 is 2.00 bits per heavy atom. The van der Waals surface area contributed by atoms with Crippen LogP contribution in [-0.2, 0) is 22.3 Å². The third-order valence-electron chi connectivity index (χ3n) is 3.72. The van der Waals surface area contributed by atoms with Crippen LogP contribution in [0.25, 0.3) is 0 Å². The van der Waals surface area contributed by atoms with Crippen LogP contribution in [-0.4, -0.2) is 21.0 Å². The number of rotatable bonds is 8. The Labute approximate surface area is 123 Å². The highest BCUT2D eigenvalue weighted by molar-refractivity contribution is 7.88. The molecular weight excluding hydrogens is 272 g/mol. The van der Waals surface area contributed by atoms with Gasteiger partial charge in [0.15, 0.2) is 0 Å². The second-order valence-electron chi connectivity index (χ2n) is 5.48. The van der Waals surface area contributed by atoms with Gasteiger partial charge in [0, 0.05) is 12.1 Å². The molecule has 2 N–H and O–H groups in total. The molecule has 0 aromatic heterocycles. The van der Waals surface area contributed by atoms with Gasteiger partial charge < -0.3 is 5.32 Å². The van der Waals surface area contributed by atoms with E-state index in [0.717, 1.165) is 30.5 Å². The Morgan fingerprint density at radius 2 is 1.55 bits per heavy atom. The van der Waals surface area contributed by atoms with Gasteiger partial charge in [-0.15, -0.1) is 0 Å². The van der Waals surface area contributed by atoms with E-state index in [9.17, 15) is 8.42 Å². The van der Waals surface area contributed by atoms with E-state index in [1.807, 2.05) is 52.1 Å². The zero-order valence-electron chi connectivity index (χ0n) is 12.9. The summed E-state index contributed by atoms with van der Waals surface area (Å²) in [5.41, 5.74) is 1.60. The first-order valence-electron chi connectivity index (χ1n) is 7.08. The monoisotopic (exact) mass is 298 g/mol. The zero-order valence-corrected chi connectivity index (χ0v) is 13.7. The van der Waals surface area contributed by atoms with E-state index >= 15 is 0 Å². The molecule has 0 amide bonds. The highest BCUT2D eigenvalue weighted by atomic mass is 32.2. The fraction of sp³-hybridized carbons (Fsp3) is 0.600. The smallest absolute Gasteiger partial charge is 0.216 e. The van der Waals surface area contributed by atoms with Gasteiger partial charge >= 0.3 is 0 Å². The van der Waals surface area contributed by atoms with Crippen LogP contribution in [0.3, 0.4) is 0 Å². The maximum absolute atomic E-state index is 12.2. The highest BCUT2D eigenvalue weighted by Crippen LogP contribution is 2.17. The van der Waals surface area contributed by atoms with Crippen LogP contribution in [0.2, 0.25) is 0 Å². The summed E-state index contributed by atoms with van der Waals surface area (Å²) in [5, 5.41) is 3.07. The quantitative estimate of drug-likeness (QED) is 0.775. The van der Waals surface area contributed by atoms with E-state index in [4.69, 9.17) is 0 Å². The van der Waals surface area contributed by atoms with Crippen molar-refractivity contribution >= 4 is 10.0 Å². The first-order valence-corrected chi connectivity index (χ1v) is 8.73. The topological polar surface area (TPSA) is 58.2 Å². The number of benzene rings is 1. The van der Waals surface area contributed by atoms with E-state index in [-0.39, 0.29) is 11.3 Å². The molecule has 0 unspecified atom stereocenters. The molecule has 0 saturated carbocycles. The predicted octanol–water partition coefficient (Wildman–Crippen LogP) is 2.40. The largest absolute Gasteiger partial charge is 0.316 e. The van der Waals surface area contributed by atoms with Crippen molar-refractivity contribution in [1.29, 1.82) is 0 Å². The van der Waals surface area contributed by atoms with Gasteiger partial charge in [0.05, 0.1) is 5.75 Å². The molecule has 20 heavy (non-hydrogen) atoms. The third kappa shape index (κ3) is 5.23. The molecule has 0 aliphatic rings. The van der Waals surface area contributed by atoms with Gasteiger partial charge in [0.2, 0.25) is 10.0 Å². The van der Waals surface area contributed by atoms with Crippen LogP contribution in [0.1, 0.15) is 44.7 Å². The van der Waals surface area contributed by atoms with Crippen molar-refractivity contribution in [2.24, 2.45) is 0 Å². The maximum atomic E-state index is 12.2. The lowest BCUT2D eigenvalue weighted by atomic mass is 9.98. The molecule has 0 fully saturated rings. The minimum absolute atomic E-state index is 0.0302. The summed E-state index contributed by atoms with van der Waals surface area (Å²) in [5.74, 6) is 0.0302. The van der Waals surface area contributed by atoms with Crippen LogP contribution in [0.4, 0.5) is 0 Å². The highest BCUT2D eigenvalue weighted by Gasteiger charge is 2.26. The molecule has 5 heteroatoms. The Hall–Kier alpha value is -0.910. The normalized spacial score (nSPS) is 12.6. The first-order chi connectivity index (χ1) is 9.34. The number of hydrogen-bond donors (Lipinski definition) is 2. The fourth-order valence-corrected chi connectivity index (χ4v) is 3.73. The van der Waals surface area contributed by atoms with Crippen molar-refractivity contribution in [1.82, 2.24) is 10.0 Å². The van der Waals surface area contributed by atoms with E-state index < -0.39 is 10.0 Å². The van der Waals surface area contributed by atoms with E-state index in [1.165, 1.54) is 0 Å². The zero-order chi connectivity index (χ0) is 15.2. The van der Waals surface area contributed by atoms with Crippen LogP contribution < -0.4 is 10.0 Å². The van der Waals surface area contributed by atoms with Crippen molar-refractivity contribution in [2.75, 3.05) is 7.05 Å². The number of nitrogens with one attached hydrogen (secondary N) is 2. The summed E-state index contributed by atoms with van der Waals surface area (Å²) < 4.78 is 27.3. The SMILES string of the molecule is CCC(C)(CC)NS(=O)(=O)Cc1ccc(CNC)cc1. The van der Waals surface area contributed by atoms with Crippen LogP contribution in [0, 0.1) is 0 Å². The molecule has 0 spiro atoms. The Kier molecular flexibility index (Phi) is 6.17. The molecule has 4 nitrogen and oxygen atoms in total. The van der Waals surface area contributed by atoms with Crippen molar-refractivity contribution in [2.45, 2.75) is 51.4 Å². The summed E-state index contributed by atoms with van der Waals surface area (Å²) in [6.07, 6.45) is 1.56. The van der Waals surface area contributed by atoms with Crippen molar-refractivity contribution < 1.29 is 8.42 Å². The van der Waals surface area contributed by atoms with Gasteiger partial charge in [0.25, 0.3) is 0 Å². The second-order valence-corrected chi connectivity index (χ2v) is 7.20. The lowest BCUT2D eigenvalue weighted by Gasteiger charge is -2.27. The minimum atomic E-state index is -3.31. The molecule has 1 aromatic carbocycles. The minimum Gasteiger partial charge on any atom is -0.316 e. The van der Waals surface area contributed by atoms with E-state index in [2.05, 4.69) is 10.0 Å². The van der Waals surface area contributed by atoms with Gasteiger partial charge in [-0.05, 0) is 37.9 Å². The predicted molar refractivity (Wildman–Crippen MR) is 84.0 cm³/mol. The Morgan fingerprint density at radius 1 is 1.05 bits per heavy atom. The molecule has 1 rings (SSSR count). The summed E-state index contributed by atoms with van der Waals surface area (Å²) >= 11 is 0. The van der Waals surface area contributed by atoms with Crippen LogP contribution in [0.15, 0.2) is 24.3 Å². The average Bonchev–Trinajstić information content (AvgIpc) is 2.40. The summed E-state index contributed by atoms with van der Waals surface area (Å²) in [7, 11) is -1.42. The van der Waals surface area contributed by atoms with Gasteiger partial charge in [-0.1, -0.05) is 38.1 Å². The first kappa shape index (κ1) is 17.1. The molecular formula is C15H26N2O2S. The molecule has 0 saturated heterocycles. The molecule has 0 atom stereocenters. The van der Waals surface area contributed by atoms with Crippen molar-refractivity contribution in [3.05, 3.63) is 35.4 Å². The molecule has 0 aliphatic heterocycles. The van der Waals surface area contributed by atoms with Crippen LogP contribution >= 0.6 is 0 Å². The summed E-state index contributed by atoms with van der Waals surface area (Å²) in [6.45, 7) is 6.73. The van der Waals surface area contributed by atoms with Crippen molar-refractivity contribution in [3.8, 4) is 0 Å². The van der Waals surface area contributed by atoms with E-state index in [0.29, 0.717) is 0 Å². The second kappa shape index (κ2) is 7.20. The lowest BCUT2D eigenvalue weighted by molar-refractivity contribution is 0.388. The van der Waals surface area contributed by atoms with Crippen LogP contribution in [0.5, 0.6) is 0 Å². The standard InChI is InChI=1S/C15H26N2O2S/c1-5-15(3,6-2)17-20(18,19)12-14-9-7-13(8-10-14)11-16-4/h7-10,16-17H,5-6,11-12H2,1-4H3. The fourth-order valence-electron chi connectivity index (χ4n) is 1.98. The van der Waals surface area contributed by atoms with E-state index in [1.54, 1.807) is 0 Å². The Bertz CT molecular complexity index is 505. The summed E-state index contributed by atoms with van der Waals surface area (Å²) in [6, 6.07) is 7.67. The number of hydrogen-bond acceptors (Lipinski definition) is 3. The molecule has 0 bridgehead atoms. The number of sulfonamides is 1. The van der Waals surface area contributed by atoms with Gasteiger partial charge in [-0.25, -0.2) is 13.1 Å². The summed E-state index contributed by atoms with van der Waals surface area (Å²) in [4.78, 5) is 0. The molecule has 0 aliphatic carbocycles. The van der Waals surface area contributed by atoms with Gasteiger partial charge in [-0.2, -0.15) is 0 Å².